The van der Waals surface area contributed by atoms with Gasteiger partial charge in [0.2, 0.25) is 0 Å². The molecule has 7 heteroatoms. The predicted molar refractivity (Wildman–Crippen MR) is 55.2 cm³/mol. The van der Waals surface area contributed by atoms with Crippen molar-refractivity contribution in [3.63, 3.8) is 0 Å². The lowest BCUT2D eigenvalue weighted by Gasteiger charge is -2.25. The molecule has 0 radical (unpaired) electrons. The third-order valence-electron chi connectivity index (χ3n) is 1.74. The van der Waals surface area contributed by atoms with Gasteiger partial charge in [0, 0.05) is 6.54 Å². The van der Waals surface area contributed by atoms with Gasteiger partial charge in [0.1, 0.15) is 18.3 Å². The van der Waals surface area contributed by atoms with Gasteiger partial charge in [0.15, 0.2) is 0 Å². The van der Waals surface area contributed by atoms with Crippen LogP contribution in [0.1, 0.15) is 0 Å². The van der Waals surface area contributed by atoms with Crippen molar-refractivity contribution in [1.82, 2.24) is 5.32 Å². The smallest absolute Gasteiger partial charge is 0.111 e. The molecule has 0 aliphatic carbocycles. The van der Waals surface area contributed by atoms with Gasteiger partial charge >= 0.3 is 0 Å². The molecule has 0 fully saturated rings. The number of hydrogen-bond acceptors (Lipinski definition) is 7. The first-order chi connectivity index (χ1) is 7.04. The molecular formula is C8H22N2O5. The van der Waals surface area contributed by atoms with Crippen LogP contribution >= 0.6 is 0 Å². The van der Waals surface area contributed by atoms with Gasteiger partial charge in [-0.25, -0.2) is 0 Å². The van der Waals surface area contributed by atoms with Gasteiger partial charge < -0.3 is 36.6 Å². The Kier molecular flexibility index (Phi) is 11.7. The predicted octanol–water partition coefficient (Wildman–Crippen LogP) is -3.78. The maximum Gasteiger partial charge on any atom is 0.111 e. The molecule has 0 heterocycles. The van der Waals surface area contributed by atoms with E-state index < -0.39 is 31.0 Å². The number of aliphatic hydroxyl groups excluding tert-OH is 5. The van der Waals surface area contributed by atoms with Crippen LogP contribution in [-0.2, 0) is 0 Å². The summed E-state index contributed by atoms with van der Waals surface area (Å²) in [5, 5.41) is 47.5. The second-order valence-electron chi connectivity index (χ2n) is 2.86. The summed E-state index contributed by atoms with van der Waals surface area (Å²) >= 11 is 0. The number of rotatable bonds is 6. The number of hydrogen-bond donors (Lipinski definition) is 7. The van der Waals surface area contributed by atoms with Crippen molar-refractivity contribution in [3.05, 3.63) is 0 Å². The zero-order valence-corrected chi connectivity index (χ0v) is 9.04. The number of likely N-dealkylation sites (N-methyl/N-ethyl adjacent to an activating group) is 1. The van der Waals surface area contributed by atoms with Gasteiger partial charge in [-0.3, -0.25) is 0 Å². The fourth-order valence-corrected chi connectivity index (χ4v) is 0.893. The Bertz CT molecular complexity index is 138. The SMILES string of the molecule is CN.CNC[C@H](O)[C@@H](O)[C@H](O)[C@H](O)CO. The van der Waals surface area contributed by atoms with Gasteiger partial charge in [-0.15, -0.1) is 0 Å². The van der Waals surface area contributed by atoms with E-state index in [-0.39, 0.29) is 6.54 Å². The molecule has 0 aromatic heterocycles. The molecule has 0 saturated heterocycles. The lowest BCUT2D eigenvalue weighted by Crippen LogP contribution is -2.48. The Hall–Kier alpha value is -0.280. The number of nitrogens with one attached hydrogen (secondary N) is 1. The van der Waals surface area contributed by atoms with Crippen molar-refractivity contribution in [2.75, 3.05) is 27.2 Å². The highest BCUT2D eigenvalue weighted by molar-refractivity contribution is 4.81. The maximum atomic E-state index is 9.21. The Labute approximate surface area is 89.2 Å². The molecule has 4 atom stereocenters. The zero-order valence-electron chi connectivity index (χ0n) is 9.04. The van der Waals surface area contributed by atoms with Crippen molar-refractivity contribution in [2.45, 2.75) is 24.4 Å². The fraction of sp³-hybridized carbons (Fsp3) is 1.00. The Morgan fingerprint density at radius 2 is 1.40 bits per heavy atom. The van der Waals surface area contributed by atoms with E-state index >= 15 is 0 Å². The molecule has 0 aromatic carbocycles. The van der Waals surface area contributed by atoms with E-state index in [2.05, 4.69) is 11.1 Å². The van der Waals surface area contributed by atoms with E-state index in [4.69, 9.17) is 20.4 Å². The van der Waals surface area contributed by atoms with Crippen molar-refractivity contribution >= 4 is 0 Å². The topological polar surface area (TPSA) is 139 Å². The first kappa shape index (κ1) is 17.1. The molecule has 7 nitrogen and oxygen atoms in total. The second-order valence-corrected chi connectivity index (χ2v) is 2.86. The quantitative estimate of drug-likeness (QED) is 0.246. The Morgan fingerprint density at radius 1 is 1.00 bits per heavy atom. The number of nitrogens with two attached hydrogens (primary N) is 1. The molecule has 0 rings (SSSR count). The zero-order chi connectivity index (χ0) is 12.4. The van der Waals surface area contributed by atoms with E-state index in [9.17, 15) is 5.11 Å². The van der Waals surface area contributed by atoms with Crippen LogP contribution in [0.15, 0.2) is 0 Å². The van der Waals surface area contributed by atoms with E-state index in [0.29, 0.717) is 0 Å². The molecule has 0 unspecified atom stereocenters. The van der Waals surface area contributed by atoms with E-state index in [0.717, 1.165) is 0 Å². The molecule has 0 aliphatic rings. The average molecular weight is 226 g/mol. The lowest BCUT2D eigenvalue weighted by molar-refractivity contribution is -0.113. The molecule has 0 amide bonds. The molecule has 0 bridgehead atoms. The minimum Gasteiger partial charge on any atom is -0.394 e. The van der Waals surface area contributed by atoms with Crippen LogP contribution in [-0.4, -0.2) is 77.2 Å². The van der Waals surface area contributed by atoms with E-state index in [1.54, 1.807) is 7.05 Å². The van der Waals surface area contributed by atoms with Crippen LogP contribution in [0.2, 0.25) is 0 Å². The molecule has 8 N–H and O–H groups in total. The summed E-state index contributed by atoms with van der Waals surface area (Å²) in [6.07, 6.45) is -5.65. The summed E-state index contributed by atoms with van der Waals surface area (Å²) in [4.78, 5) is 0. The van der Waals surface area contributed by atoms with E-state index in [1.807, 2.05) is 0 Å². The molecule has 0 aliphatic heterocycles. The highest BCUT2D eigenvalue weighted by Crippen LogP contribution is 2.04. The molecule has 0 aromatic rings. The van der Waals surface area contributed by atoms with Gasteiger partial charge in [-0.2, -0.15) is 0 Å². The molecule has 15 heavy (non-hydrogen) atoms. The molecule has 0 spiro atoms. The molecule has 94 valence electrons. The van der Waals surface area contributed by atoms with E-state index in [1.165, 1.54) is 7.05 Å². The lowest BCUT2D eigenvalue weighted by atomic mass is 10.0. The summed E-state index contributed by atoms with van der Waals surface area (Å²) in [5.41, 5.74) is 4.50. The van der Waals surface area contributed by atoms with Crippen LogP contribution in [0.3, 0.4) is 0 Å². The summed E-state index contributed by atoms with van der Waals surface area (Å²) < 4.78 is 0. The Morgan fingerprint density at radius 3 is 1.73 bits per heavy atom. The normalized spacial score (nSPS) is 18.4. The highest BCUT2D eigenvalue weighted by Gasteiger charge is 2.29. The van der Waals surface area contributed by atoms with Crippen LogP contribution in [0.5, 0.6) is 0 Å². The first-order valence-corrected chi connectivity index (χ1v) is 4.60. The van der Waals surface area contributed by atoms with Crippen LogP contribution in [0.25, 0.3) is 0 Å². The minimum atomic E-state index is -1.55. The first-order valence-electron chi connectivity index (χ1n) is 4.60. The van der Waals surface area contributed by atoms with Crippen LogP contribution < -0.4 is 11.1 Å². The monoisotopic (exact) mass is 226 g/mol. The maximum absolute atomic E-state index is 9.21. The molecular weight excluding hydrogens is 204 g/mol. The Balaban J connectivity index is 0. The summed E-state index contributed by atoms with van der Waals surface area (Å²) in [5.74, 6) is 0. The highest BCUT2D eigenvalue weighted by atomic mass is 16.4. The largest absolute Gasteiger partial charge is 0.394 e. The summed E-state index contributed by atoms with van der Waals surface area (Å²) in [6.45, 7) is -0.569. The number of aliphatic hydroxyl groups is 5. The second kappa shape index (κ2) is 10.2. The minimum absolute atomic E-state index is 0.0936. The van der Waals surface area contributed by atoms with Crippen molar-refractivity contribution in [2.24, 2.45) is 5.73 Å². The molecule has 0 saturated carbocycles. The third-order valence-corrected chi connectivity index (χ3v) is 1.74. The van der Waals surface area contributed by atoms with Crippen molar-refractivity contribution in [3.8, 4) is 0 Å². The van der Waals surface area contributed by atoms with Crippen molar-refractivity contribution in [1.29, 1.82) is 0 Å². The van der Waals surface area contributed by atoms with Crippen LogP contribution in [0, 0.1) is 0 Å². The standard InChI is InChI=1S/C7H17NO5.CH5N/c1-8-2-4(10)6(12)7(13)5(11)3-9;1-2/h4-13H,2-3H2,1H3;2H2,1H3/t4-,5+,6+,7+;/m0./s1. The van der Waals surface area contributed by atoms with Gasteiger partial charge in [0.05, 0.1) is 12.7 Å². The van der Waals surface area contributed by atoms with Crippen LogP contribution in [0.4, 0.5) is 0 Å². The van der Waals surface area contributed by atoms with Gasteiger partial charge in [-0.05, 0) is 14.1 Å². The fourth-order valence-electron chi connectivity index (χ4n) is 0.893. The average Bonchev–Trinajstić information content (AvgIpc) is 2.29. The third kappa shape index (κ3) is 6.74. The van der Waals surface area contributed by atoms with Gasteiger partial charge in [-0.1, -0.05) is 0 Å². The van der Waals surface area contributed by atoms with Gasteiger partial charge in [0.25, 0.3) is 0 Å². The summed E-state index contributed by atoms with van der Waals surface area (Å²) in [7, 11) is 3.07. The summed E-state index contributed by atoms with van der Waals surface area (Å²) in [6, 6.07) is 0. The van der Waals surface area contributed by atoms with Crippen molar-refractivity contribution < 1.29 is 25.5 Å².